The normalized spacial score (nSPS) is 12.5. The predicted octanol–water partition coefficient (Wildman–Crippen LogP) is 1.16. The second-order valence-electron chi connectivity index (χ2n) is 4.16. The minimum absolute atomic E-state index is 0.105. The van der Waals surface area contributed by atoms with Crippen molar-refractivity contribution < 1.29 is 26.5 Å². The standard InChI is InChI=1S/C11H11NO6S2/c1-19(14,15)12-9-4-2-3-8-7(9)5-6-10(11(8)13)20(16,17)18/h2-6,12-13H,1H3,(H,16,17,18). The topological polar surface area (TPSA) is 121 Å². The Morgan fingerprint density at radius 2 is 1.65 bits per heavy atom. The minimum Gasteiger partial charge on any atom is -0.506 e. The maximum Gasteiger partial charge on any atom is 0.298 e. The second kappa shape index (κ2) is 4.62. The fraction of sp³-hybridized carbons (Fsp3) is 0.0909. The Labute approximate surface area is 115 Å². The zero-order chi connectivity index (χ0) is 15.1. The van der Waals surface area contributed by atoms with Gasteiger partial charge < -0.3 is 5.11 Å². The van der Waals surface area contributed by atoms with Crippen LogP contribution in [0.15, 0.2) is 35.2 Å². The van der Waals surface area contributed by atoms with E-state index in [1.165, 1.54) is 24.3 Å². The summed E-state index contributed by atoms with van der Waals surface area (Å²) >= 11 is 0. The van der Waals surface area contributed by atoms with E-state index in [1.807, 2.05) is 0 Å². The summed E-state index contributed by atoms with van der Waals surface area (Å²) in [6.07, 6.45) is 0.970. The van der Waals surface area contributed by atoms with Gasteiger partial charge in [-0.3, -0.25) is 9.27 Å². The van der Waals surface area contributed by atoms with Gasteiger partial charge in [-0.25, -0.2) is 8.42 Å². The van der Waals surface area contributed by atoms with Gasteiger partial charge in [0.15, 0.2) is 0 Å². The van der Waals surface area contributed by atoms with Gasteiger partial charge in [0.25, 0.3) is 10.1 Å². The van der Waals surface area contributed by atoms with Crippen LogP contribution >= 0.6 is 0 Å². The summed E-state index contributed by atoms with van der Waals surface area (Å²) in [5.41, 5.74) is 0.196. The fourth-order valence-corrected chi connectivity index (χ4v) is 2.99. The molecule has 9 heteroatoms. The highest BCUT2D eigenvalue weighted by Gasteiger charge is 2.18. The van der Waals surface area contributed by atoms with Crippen LogP contribution in [0.3, 0.4) is 0 Å². The van der Waals surface area contributed by atoms with Crippen molar-refractivity contribution in [2.45, 2.75) is 4.90 Å². The van der Waals surface area contributed by atoms with Crippen molar-refractivity contribution in [1.82, 2.24) is 0 Å². The number of anilines is 1. The van der Waals surface area contributed by atoms with Gasteiger partial charge >= 0.3 is 0 Å². The third-order valence-corrected chi connectivity index (χ3v) is 4.05. The number of hydrogen-bond acceptors (Lipinski definition) is 5. The fourth-order valence-electron chi connectivity index (χ4n) is 1.82. The van der Waals surface area contributed by atoms with Crippen molar-refractivity contribution in [1.29, 1.82) is 0 Å². The van der Waals surface area contributed by atoms with E-state index < -0.39 is 30.8 Å². The average Bonchev–Trinajstić information content (AvgIpc) is 2.26. The largest absolute Gasteiger partial charge is 0.506 e. The molecule has 0 radical (unpaired) electrons. The van der Waals surface area contributed by atoms with Crippen molar-refractivity contribution in [2.75, 3.05) is 11.0 Å². The molecule has 0 aliphatic rings. The lowest BCUT2D eigenvalue weighted by atomic mass is 10.1. The molecule has 20 heavy (non-hydrogen) atoms. The number of aromatic hydroxyl groups is 1. The highest BCUT2D eigenvalue weighted by molar-refractivity contribution is 7.92. The lowest BCUT2D eigenvalue weighted by Crippen LogP contribution is -2.09. The van der Waals surface area contributed by atoms with Gasteiger partial charge in [-0.2, -0.15) is 8.42 Å². The summed E-state index contributed by atoms with van der Waals surface area (Å²) in [6, 6.07) is 6.62. The molecule has 0 amide bonds. The number of rotatable bonds is 3. The van der Waals surface area contributed by atoms with E-state index in [-0.39, 0.29) is 11.1 Å². The number of phenolic OH excluding ortho intramolecular Hbond substituents is 1. The van der Waals surface area contributed by atoms with E-state index in [4.69, 9.17) is 4.55 Å². The molecule has 0 aromatic heterocycles. The van der Waals surface area contributed by atoms with Crippen LogP contribution in [0.1, 0.15) is 0 Å². The monoisotopic (exact) mass is 317 g/mol. The SMILES string of the molecule is CS(=O)(=O)Nc1cccc2c(O)c(S(=O)(=O)O)ccc12. The van der Waals surface area contributed by atoms with Crippen LogP contribution in [0.2, 0.25) is 0 Å². The average molecular weight is 317 g/mol. The van der Waals surface area contributed by atoms with Crippen LogP contribution in [-0.2, 0) is 20.1 Å². The summed E-state index contributed by atoms with van der Waals surface area (Å²) in [7, 11) is -8.08. The van der Waals surface area contributed by atoms with Crippen LogP contribution in [-0.4, -0.2) is 32.8 Å². The number of phenols is 1. The molecule has 0 fully saturated rings. The molecule has 108 valence electrons. The number of nitrogens with one attached hydrogen (secondary N) is 1. The first-order valence-corrected chi connectivity index (χ1v) is 8.63. The highest BCUT2D eigenvalue weighted by atomic mass is 32.2. The Hall–Kier alpha value is -1.84. The maximum absolute atomic E-state index is 11.2. The molecular formula is C11H11NO6S2. The third kappa shape index (κ3) is 2.84. The van der Waals surface area contributed by atoms with Crippen LogP contribution in [0, 0.1) is 0 Å². The van der Waals surface area contributed by atoms with E-state index >= 15 is 0 Å². The minimum atomic E-state index is -4.56. The van der Waals surface area contributed by atoms with Gasteiger partial charge in [-0.1, -0.05) is 18.2 Å². The first-order valence-electron chi connectivity index (χ1n) is 5.29. The summed E-state index contributed by atoms with van der Waals surface area (Å²) < 4.78 is 55.9. The van der Waals surface area contributed by atoms with Crippen molar-refractivity contribution in [2.24, 2.45) is 0 Å². The number of sulfonamides is 1. The molecule has 0 saturated carbocycles. The summed E-state index contributed by atoms with van der Waals surface area (Å²) in [4.78, 5) is -0.637. The van der Waals surface area contributed by atoms with E-state index in [1.54, 1.807) is 0 Å². The molecule has 0 saturated heterocycles. The Balaban J connectivity index is 2.77. The molecule has 0 atom stereocenters. The van der Waals surface area contributed by atoms with E-state index in [0.717, 1.165) is 12.3 Å². The molecule has 0 heterocycles. The molecule has 2 aromatic carbocycles. The molecule has 3 N–H and O–H groups in total. The zero-order valence-electron chi connectivity index (χ0n) is 10.2. The van der Waals surface area contributed by atoms with E-state index in [9.17, 15) is 21.9 Å². The molecule has 2 rings (SSSR count). The lowest BCUT2D eigenvalue weighted by molar-refractivity contribution is 0.448. The van der Waals surface area contributed by atoms with Gasteiger partial charge in [-0.15, -0.1) is 0 Å². The lowest BCUT2D eigenvalue weighted by Gasteiger charge is -2.10. The molecule has 0 unspecified atom stereocenters. The Kier molecular flexibility index (Phi) is 3.36. The van der Waals surface area contributed by atoms with E-state index in [2.05, 4.69) is 4.72 Å². The molecular weight excluding hydrogens is 306 g/mol. The Morgan fingerprint density at radius 3 is 2.20 bits per heavy atom. The van der Waals surface area contributed by atoms with Crippen LogP contribution < -0.4 is 4.72 Å². The quantitative estimate of drug-likeness (QED) is 0.731. The number of fused-ring (bicyclic) bond motifs is 1. The summed E-state index contributed by atoms with van der Waals surface area (Å²) in [6.45, 7) is 0. The van der Waals surface area contributed by atoms with Crippen molar-refractivity contribution in [3.8, 4) is 5.75 Å². The van der Waals surface area contributed by atoms with Gasteiger partial charge in [0.2, 0.25) is 10.0 Å². The number of hydrogen-bond donors (Lipinski definition) is 3. The van der Waals surface area contributed by atoms with E-state index in [0.29, 0.717) is 5.39 Å². The Morgan fingerprint density at radius 1 is 1.00 bits per heavy atom. The van der Waals surface area contributed by atoms with Gasteiger partial charge in [0.05, 0.1) is 11.9 Å². The third-order valence-electron chi connectivity index (χ3n) is 2.57. The van der Waals surface area contributed by atoms with Gasteiger partial charge in [0, 0.05) is 10.8 Å². The summed E-state index contributed by atoms with van der Waals surface area (Å²) in [5.74, 6) is -0.637. The number of benzene rings is 2. The smallest absolute Gasteiger partial charge is 0.298 e. The van der Waals surface area contributed by atoms with Crippen molar-refractivity contribution in [3.63, 3.8) is 0 Å². The maximum atomic E-state index is 11.2. The van der Waals surface area contributed by atoms with Crippen LogP contribution in [0.25, 0.3) is 10.8 Å². The van der Waals surface area contributed by atoms with Gasteiger partial charge in [0.1, 0.15) is 10.6 Å². The second-order valence-corrected chi connectivity index (χ2v) is 7.30. The van der Waals surface area contributed by atoms with Gasteiger partial charge in [-0.05, 0) is 12.1 Å². The molecule has 0 spiro atoms. The molecule has 7 nitrogen and oxygen atoms in total. The van der Waals surface area contributed by atoms with Crippen molar-refractivity contribution >= 4 is 36.6 Å². The summed E-state index contributed by atoms with van der Waals surface area (Å²) in [5, 5.41) is 10.3. The van der Waals surface area contributed by atoms with Crippen LogP contribution in [0.4, 0.5) is 5.69 Å². The predicted molar refractivity (Wildman–Crippen MR) is 73.9 cm³/mol. The first kappa shape index (κ1) is 14.6. The zero-order valence-corrected chi connectivity index (χ0v) is 11.9. The first-order chi connectivity index (χ1) is 9.09. The van der Waals surface area contributed by atoms with Crippen LogP contribution in [0.5, 0.6) is 5.75 Å². The molecule has 0 aliphatic carbocycles. The van der Waals surface area contributed by atoms with Crippen molar-refractivity contribution in [3.05, 3.63) is 30.3 Å². The Bertz CT molecular complexity index is 887. The molecule has 0 bridgehead atoms. The molecule has 2 aromatic rings. The molecule has 0 aliphatic heterocycles. The highest BCUT2D eigenvalue weighted by Crippen LogP contribution is 2.35.